The number of imidazole rings is 1. The SMILES string of the molecule is Cc1ccc(C2/C(=C(\O)c3c(C)nc4ccccn34)C(=O)C(=O)N2c2nnc(SCc3ccc(Cl)cc3)s2)cc1. The molecule has 8 nitrogen and oxygen atoms in total. The Kier molecular flexibility index (Phi) is 6.91. The number of carbonyl (C=O) groups excluding carboxylic acids is 2. The van der Waals surface area contributed by atoms with E-state index in [1.165, 1.54) is 28.0 Å². The highest BCUT2D eigenvalue weighted by atomic mass is 35.5. The summed E-state index contributed by atoms with van der Waals surface area (Å²) in [7, 11) is 0. The summed E-state index contributed by atoms with van der Waals surface area (Å²) in [5, 5.41) is 21.1. The van der Waals surface area contributed by atoms with Crippen molar-refractivity contribution in [2.24, 2.45) is 0 Å². The first-order chi connectivity index (χ1) is 19.3. The Balaban J connectivity index is 1.43. The fourth-order valence-corrected chi connectivity index (χ4v) is 6.65. The average molecular weight is 588 g/mol. The van der Waals surface area contributed by atoms with Crippen LogP contribution in [-0.4, -0.2) is 36.4 Å². The van der Waals surface area contributed by atoms with Gasteiger partial charge in [0.1, 0.15) is 11.3 Å². The third kappa shape index (κ3) is 4.68. The number of nitrogens with zero attached hydrogens (tertiary/aromatic N) is 5. The van der Waals surface area contributed by atoms with E-state index in [0.717, 1.165) is 11.1 Å². The van der Waals surface area contributed by atoms with Crippen LogP contribution in [-0.2, 0) is 15.3 Å². The van der Waals surface area contributed by atoms with E-state index < -0.39 is 17.7 Å². The molecule has 4 heterocycles. The molecule has 1 aliphatic rings. The van der Waals surface area contributed by atoms with Crippen LogP contribution < -0.4 is 4.90 Å². The van der Waals surface area contributed by atoms with E-state index in [2.05, 4.69) is 15.2 Å². The van der Waals surface area contributed by atoms with E-state index in [1.54, 1.807) is 17.5 Å². The van der Waals surface area contributed by atoms with E-state index in [1.807, 2.05) is 73.7 Å². The molecule has 0 aliphatic carbocycles. The lowest BCUT2D eigenvalue weighted by Crippen LogP contribution is -2.29. The predicted molar refractivity (Wildman–Crippen MR) is 157 cm³/mol. The number of ketones is 1. The van der Waals surface area contributed by atoms with Crippen molar-refractivity contribution in [1.82, 2.24) is 19.6 Å². The summed E-state index contributed by atoms with van der Waals surface area (Å²) in [4.78, 5) is 33.0. The lowest BCUT2D eigenvalue weighted by atomic mass is 9.96. The molecule has 1 unspecified atom stereocenters. The zero-order valence-corrected chi connectivity index (χ0v) is 23.8. The van der Waals surface area contributed by atoms with E-state index in [-0.39, 0.29) is 16.5 Å². The monoisotopic (exact) mass is 587 g/mol. The van der Waals surface area contributed by atoms with Gasteiger partial charge < -0.3 is 5.11 Å². The first-order valence-corrected chi connectivity index (χ1v) is 14.5. The summed E-state index contributed by atoms with van der Waals surface area (Å²) >= 11 is 8.69. The van der Waals surface area contributed by atoms with Gasteiger partial charge in [-0.05, 0) is 49.2 Å². The molecule has 0 radical (unpaired) electrons. The largest absolute Gasteiger partial charge is 0.505 e. The van der Waals surface area contributed by atoms with Crippen molar-refractivity contribution in [2.45, 2.75) is 30.0 Å². The number of aromatic nitrogens is 4. The third-order valence-corrected chi connectivity index (χ3v) is 9.02. The number of halogens is 1. The number of amides is 1. The smallest absolute Gasteiger partial charge is 0.301 e. The number of carbonyl (C=O) groups is 2. The summed E-state index contributed by atoms with van der Waals surface area (Å²) in [6.07, 6.45) is 1.76. The van der Waals surface area contributed by atoms with Gasteiger partial charge in [-0.3, -0.25) is 18.9 Å². The number of thioether (sulfide) groups is 1. The Morgan fingerprint density at radius 2 is 1.77 bits per heavy atom. The van der Waals surface area contributed by atoms with Crippen LogP contribution in [0.2, 0.25) is 5.02 Å². The van der Waals surface area contributed by atoms with Crippen LogP contribution >= 0.6 is 34.7 Å². The predicted octanol–water partition coefficient (Wildman–Crippen LogP) is 6.37. The number of fused-ring (bicyclic) bond motifs is 1. The minimum absolute atomic E-state index is 0.0202. The molecule has 6 rings (SSSR count). The topological polar surface area (TPSA) is 101 Å². The van der Waals surface area contributed by atoms with Crippen molar-refractivity contribution in [3.63, 3.8) is 0 Å². The third-order valence-electron chi connectivity index (χ3n) is 6.64. The maximum atomic E-state index is 13.6. The second-order valence-corrected chi connectivity index (χ2v) is 11.9. The molecule has 5 aromatic rings. The molecule has 2 aromatic carbocycles. The second kappa shape index (κ2) is 10.5. The number of benzene rings is 2. The summed E-state index contributed by atoms with van der Waals surface area (Å²) in [6.45, 7) is 3.71. The summed E-state index contributed by atoms with van der Waals surface area (Å²) in [5.41, 5.74) is 4.26. The molecule has 11 heteroatoms. The van der Waals surface area contributed by atoms with Gasteiger partial charge in [0, 0.05) is 17.0 Å². The molecular formula is C29H22ClN5O3S2. The second-order valence-electron chi connectivity index (χ2n) is 9.32. The van der Waals surface area contributed by atoms with Crippen LogP contribution in [0.15, 0.2) is 82.8 Å². The molecule has 1 saturated heterocycles. The fraction of sp³-hybridized carbons (Fsp3) is 0.138. The number of hydrogen-bond donors (Lipinski definition) is 1. The number of aryl methyl sites for hydroxylation is 2. The van der Waals surface area contributed by atoms with Crippen LogP contribution in [0.3, 0.4) is 0 Å². The van der Waals surface area contributed by atoms with E-state index in [0.29, 0.717) is 37.7 Å². The van der Waals surface area contributed by atoms with Gasteiger partial charge >= 0.3 is 5.91 Å². The number of anilines is 1. The van der Waals surface area contributed by atoms with E-state index in [9.17, 15) is 14.7 Å². The number of aliphatic hydroxyl groups excluding tert-OH is 1. The van der Waals surface area contributed by atoms with Gasteiger partial charge in [-0.2, -0.15) is 0 Å². The molecule has 40 heavy (non-hydrogen) atoms. The zero-order valence-electron chi connectivity index (χ0n) is 21.4. The van der Waals surface area contributed by atoms with Crippen molar-refractivity contribution in [2.75, 3.05) is 4.90 Å². The maximum Gasteiger partial charge on any atom is 0.301 e. The molecular weight excluding hydrogens is 566 g/mol. The molecule has 0 bridgehead atoms. The molecule has 1 amide bonds. The summed E-state index contributed by atoms with van der Waals surface area (Å²) in [6, 6.07) is 19.6. The number of pyridine rings is 1. The van der Waals surface area contributed by atoms with Gasteiger partial charge in [0.15, 0.2) is 10.1 Å². The minimum Gasteiger partial charge on any atom is -0.505 e. The van der Waals surface area contributed by atoms with Crippen molar-refractivity contribution in [3.05, 3.63) is 112 Å². The number of rotatable bonds is 6. The number of Topliss-reactive ketones (excluding diaryl/α,β-unsaturated/α-hetero) is 1. The zero-order chi connectivity index (χ0) is 28.0. The number of aliphatic hydroxyl groups is 1. The van der Waals surface area contributed by atoms with Gasteiger partial charge in [-0.25, -0.2) is 4.98 Å². The molecule has 0 saturated carbocycles. The average Bonchev–Trinajstić information content (AvgIpc) is 3.62. The summed E-state index contributed by atoms with van der Waals surface area (Å²) in [5.74, 6) is -1.22. The van der Waals surface area contributed by atoms with Crippen molar-refractivity contribution in [1.29, 1.82) is 0 Å². The molecule has 1 atom stereocenters. The maximum absolute atomic E-state index is 13.6. The molecule has 200 valence electrons. The normalized spacial score (nSPS) is 16.8. The van der Waals surface area contributed by atoms with Crippen LogP contribution in [0.1, 0.15) is 34.1 Å². The lowest BCUT2D eigenvalue weighted by Gasteiger charge is -2.22. The molecule has 3 aromatic heterocycles. The van der Waals surface area contributed by atoms with Crippen LogP contribution in [0.25, 0.3) is 11.4 Å². The standard InChI is InChI=1S/C29H22ClN5O3S2/c1-16-6-10-19(11-7-16)24-22(25(36)23-17(2)31-21-5-3-4-14-34(21)23)26(37)27(38)35(24)28-32-33-29(40-28)39-15-18-8-12-20(30)13-9-18/h3-14,24,36H,15H2,1-2H3/b25-22+. The van der Waals surface area contributed by atoms with Gasteiger partial charge in [-0.1, -0.05) is 82.7 Å². The Hall–Kier alpha value is -3.99. The van der Waals surface area contributed by atoms with E-state index >= 15 is 0 Å². The Labute approximate surface area is 243 Å². The molecule has 1 aliphatic heterocycles. The Bertz CT molecular complexity index is 1790. The van der Waals surface area contributed by atoms with Crippen molar-refractivity contribution in [3.8, 4) is 0 Å². The molecule has 1 N–H and O–H groups in total. The Morgan fingerprint density at radius 1 is 1.02 bits per heavy atom. The quantitative estimate of drug-likeness (QED) is 0.0809. The fourth-order valence-electron chi connectivity index (χ4n) is 4.70. The Morgan fingerprint density at radius 3 is 2.52 bits per heavy atom. The molecule has 1 fully saturated rings. The highest BCUT2D eigenvalue weighted by Crippen LogP contribution is 2.44. The van der Waals surface area contributed by atoms with Crippen molar-refractivity contribution >= 4 is 62.9 Å². The van der Waals surface area contributed by atoms with Crippen LogP contribution in [0.5, 0.6) is 0 Å². The van der Waals surface area contributed by atoms with Gasteiger partial charge in [0.25, 0.3) is 5.78 Å². The van der Waals surface area contributed by atoms with Gasteiger partial charge in [0.2, 0.25) is 5.13 Å². The minimum atomic E-state index is -0.892. The first-order valence-electron chi connectivity index (χ1n) is 12.3. The van der Waals surface area contributed by atoms with E-state index in [4.69, 9.17) is 11.6 Å². The highest BCUT2D eigenvalue weighted by molar-refractivity contribution is 8.00. The van der Waals surface area contributed by atoms with Crippen LogP contribution in [0, 0.1) is 13.8 Å². The van der Waals surface area contributed by atoms with Gasteiger partial charge in [0.05, 0.1) is 17.3 Å². The van der Waals surface area contributed by atoms with Crippen molar-refractivity contribution < 1.29 is 14.7 Å². The first kappa shape index (κ1) is 26.2. The van der Waals surface area contributed by atoms with Crippen LogP contribution in [0.4, 0.5) is 5.13 Å². The summed E-state index contributed by atoms with van der Waals surface area (Å²) < 4.78 is 2.35. The number of hydrogen-bond acceptors (Lipinski definition) is 8. The molecule has 0 spiro atoms. The lowest BCUT2D eigenvalue weighted by molar-refractivity contribution is -0.132. The highest BCUT2D eigenvalue weighted by Gasteiger charge is 2.48. The van der Waals surface area contributed by atoms with Gasteiger partial charge in [-0.15, -0.1) is 10.2 Å².